The number of aromatic amines is 1. The van der Waals surface area contributed by atoms with E-state index in [1.165, 1.54) is 5.56 Å². The Morgan fingerprint density at radius 1 is 0.809 bits per heavy atom. The molecule has 2 aliphatic heterocycles. The van der Waals surface area contributed by atoms with Crippen LogP contribution in [0.2, 0.25) is 0 Å². The Labute approximate surface area is 276 Å². The van der Waals surface area contributed by atoms with Crippen molar-refractivity contribution in [2.24, 2.45) is 5.92 Å². The van der Waals surface area contributed by atoms with Gasteiger partial charge in [0.15, 0.2) is 0 Å². The summed E-state index contributed by atoms with van der Waals surface area (Å²) < 4.78 is 0. The molecule has 3 N–H and O–H groups in total. The average molecular weight is 627 g/mol. The number of fused-ring (bicyclic) bond motifs is 2. The van der Waals surface area contributed by atoms with Gasteiger partial charge in [0.05, 0.1) is 0 Å². The smallest absolute Gasteiger partial charge is 0.318 e. The molecule has 47 heavy (non-hydrogen) atoms. The number of hydrogen-bond acceptors (Lipinski definition) is 4. The van der Waals surface area contributed by atoms with Crippen molar-refractivity contribution < 1.29 is 9.59 Å². The molecule has 0 saturated carbocycles. The Bertz CT molecular complexity index is 1800. The normalized spacial score (nSPS) is 16.9. The molecule has 2 atom stereocenters. The van der Waals surface area contributed by atoms with Gasteiger partial charge in [-0.1, -0.05) is 84.9 Å². The summed E-state index contributed by atoms with van der Waals surface area (Å²) in [4.78, 5) is 37.9. The summed E-state index contributed by atoms with van der Waals surface area (Å²) in [7, 11) is 0. The van der Waals surface area contributed by atoms with Crippen LogP contribution in [0.15, 0.2) is 115 Å². The number of carbonyl (C=O) groups excluding carboxylic acids is 2. The first-order valence-corrected chi connectivity index (χ1v) is 16.7. The third kappa shape index (κ3) is 7.03. The summed E-state index contributed by atoms with van der Waals surface area (Å²) in [5.74, 6) is 0.167. The van der Waals surface area contributed by atoms with Crippen LogP contribution < -0.4 is 20.4 Å². The second-order valence-corrected chi connectivity index (χ2v) is 12.6. The molecule has 1 aromatic heterocycles. The van der Waals surface area contributed by atoms with Gasteiger partial charge in [-0.05, 0) is 53.3 Å². The van der Waals surface area contributed by atoms with Crippen LogP contribution >= 0.6 is 0 Å². The number of anilines is 2. The molecule has 0 spiro atoms. The minimum Gasteiger partial charge on any atom is -0.368 e. The first kappa shape index (κ1) is 30.6. The number of para-hydroxylation sites is 3. The number of amides is 3. The molecule has 8 nitrogen and oxygen atoms in total. The third-order valence-electron chi connectivity index (χ3n) is 9.49. The standard InChI is InChI=1S/C39H42N6O2/c46-38(45-28-30(23-31-13-7-10-18-37(31)45)26-40-25-29-11-3-1-4-12-29)36(24-32-27-41-35-17-9-8-16-34(32)35)42-39(47)44-21-19-43(20-22-44)33-14-5-2-6-15-33/h1-18,27,30,36,40-41H,19-26,28H2,(H,42,47)/t30-,36-/m1/s1. The molecule has 8 heteroatoms. The molecule has 4 aromatic carbocycles. The molecule has 3 amide bonds. The first-order chi connectivity index (χ1) is 23.1. The number of H-pyrrole nitrogens is 1. The van der Waals surface area contributed by atoms with Crippen LogP contribution in [0.5, 0.6) is 0 Å². The van der Waals surface area contributed by atoms with Gasteiger partial charge < -0.3 is 30.3 Å². The zero-order valence-corrected chi connectivity index (χ0v) is 26.6. The van der Waals surface area contributed by atoms with Gasteiger partial charge in [0, 0.05) is 80.7 Å². The highest BCUT2D eigenvalue weighted by molar-refractivity contribution is 6.00. The van der Waals surface area contributed by atoms with Gasteiger partial charge in [0.25, 0.3) is 0 Å². The molecule has 240 valence electrons. The lowest BCUT2D eigenvalue weighted by Gasteiger charge is -2.38. The number of piperazine rings is 1. The summed E-state index contributed by atoms with van der Waals surface area (Å²) >= 11 is 0. The molecule has 7 rings (SSSR count). The molecule has 5 aromatic rings. The molecule has 0 radical (unpaired) electrons. The molecular formula is C39H42N6O2. The van der Waals surface area contributed by atoms with Crippen molar-refractivity contribution in [2.75, 3.05) is 49.1 Å². The Kier molecular flexibility index (Phi) is 9.19. The fourth-order valence-corrected chi connectivity index (χ4v) is 7.00. The van der Waals surface area contributed by atoms with Gasteiger partial charge in [0.2, 0.25) is 5.91 Å². The fourth-order valence-electron chi connectivity index (χ4n) is 7.00. The van der Waals surface area contributed by atoms with E-state index in [0.717, 1.165) is 66.0 Å². The van der Waals surface area contributed by atoms with Crippen LogP contribution in [0.3, 0.4) is 0 Å². The Balaban J connectivity index is 1.10. The number of aromatic nitrogens is 1. The van der Waals surface area contributed by atoms with Crippen LogP contribution in [0.4, 0.5) is 16.2 Å². The van der Waals surface area contributed by atoms with Gasteiger partial charge in [-0.25, -0.2) is 4.79 Å². The van der Waals surface area contributed by atoms with E-state index in [1.807, 2.05) is 76.7 Å². The average Bonchev–Trinajstić information content (AvgIpc) is 3.54. The van der Waals surface area contributed by atoms with Gasteiger partial charge in [0.1, 0.15) is 6.04 Å². The quantitative estimate of drug-likeness (QED) is 0.199. The zero-order valence-electron chi connectivity index (χ0n) is 26.6. The summed E-state index contributed by atoms with van der Waals surface area (Å²) in [6.45, 7) is 4.84. The Hall–Kier alpha value is -5.08. The topological polar surface area (TPSA) is 83.7 Å². The molecule has 2 aliphatic rings. The fraction of sp³-hybridized carbons (Fsp3) is 0.282. The minimum absolute atomic E-state index is 0.0771. The highest BCUT2D eigenvalue weighted by Crippen LogP contribution is 2.31. The van der Waals surface area contributed by atoms with E-state index in [-0.39, 0.29) is 17.9 Å². The predicted octanol–water partition coefficient (Wildman–Crippen LogP) is 5.61. The first-order valence-electron chi connectivity index (χ1n) is 16.7. The predicted molar refractivity (Wildman–Crippen MR) is 189 cm³/mol. The van der Waals surface area contributed by atoms with Crippen molar-refractivity contribution in [3.8, 4) is 0 Å². The van der Waals surface area contributed by atoms with Gasteiger partial charge in [-0.15, -0.1) is 0 Å². The van der Waals surface area contributed by atoms with Crippen LogP contribution in [0.25, 0.3) is 10.9 Å². The lowest BCUT2D eigenvalue weighted by Crippen LogP contribution is -2.58. The molecule has 3 heterocycles. The third-order valence-corrected chi connectivity index (χ3v) is 9.49. The van der Waals surface area contributed by atoms with Gasteiger partial charge in [-0.2, -0.15) is 0 Å². The number of urea groups is 1. The summed E-state index contributed by atoms with van der Waals surface area (Å²) in [6, 6.07) is 36.1. The van der Waals surface area contributed by atoms with E-state index < -0.39 is 6.04 Å². The Morgan fingerprint density at radius 3 is 2.32 bits per heavy atom. The number of rotatable bonds is 9. The van der Waals surface area contributed by atoms with Crippen molar-refractivity contribution in [2.45, 2.75) is 25.4 Å². The molecule has 1 fully saturated rings. The van der Waals surface area contributed by atoms with E-state index >= 15 is 0 Å². The van der Waals surface area contributed by atoms with Crippen LogP contribution in [-0.4, -0.2) is 67.1 Å². The second-order valence-electron chi connectivity index (χ2n) is 12.6. The van der Waals surface area contributed by atoms with E-state index in [4.69, 9.17) is 0 Å². The van der Waals surface area contributed by atoms with Crippen molar-refractivity contribution >= 4 is 34.2 Å². The van der Waals surface area contributed by atoms with Gasteiger partial charge >= 0.3 is 6.03 Å². The number of nitrogens with one attached hydrogen (secondary N) is 3. The van der Waals surface area contributed by atoms with Crippen molar-refractivity contribution in [3.63, 3.8) is 0 Å². The highest BCUT2D eigenvalue weighted by atomic mass is 16.2. The SMILES string of the molecule is O=C(N[C@H](Cc1c[nH]c2ccccc12)C(=O)N1C[C@@H](CNCc2ccccc2)Cc2ccccc21)N1CCN(c2ccccc2)CC1. The summed E-state index contributed by atoms with van der Waals surface area (Å²) in [6.07, 6.45) is 3.26. The van der Waals surface area contributed by atoms with Crippen molar-refractivity contribution in [1.29, 1.82) is 0 Å². The number of nitrogens with zero attached hydrogens (tertiary/aromatic N) is 3. The largest absolute Gasteiger partial charge is 0.368 e. The molecule has 1 saturated heterocycles. The maximum absolute atomic E-state index is 14.7. The molecule has 0 unspecified atom stereocenters. The van der Waals surface area contributed by atoms with E-state index in [0.29, 0.717) is 26.1 Å². The number of hydrogen-bond donors (Lipinski definition) is 3. The Morgan fingerprint density at radius 2 is 1.51 bits per heavy atom. The minimum atomic E-state index is -0.724. The molecule has 0 bridgehead atoms. The van der Waals surface area contributed by atoms with E-state index in [1.54, 1.807) is 0 Å². The monoisotopic (exact) mass is 626 g/mol. The van der Waals surface area contributed by atoms with Crippen LogP contribution in [0, 0.1) is 5.92 Å². The van der Waals surface area contributed by atoms with Gasteiger partial charge in [-0.3, -0.25) is 4.79 Å². The van der Waals surface area contributed by atoms with E-state index in [2.05, 4.69) is 69.0 Å². The summed E-state index contributed by atoms with van der Waals surface area (Å²) in [5, 5.41) is 7.88. The summed E-state index contributed by atoms with van der Waals surface area (Å²) in [5.41, 5.74) is 6.53. The zero-order chi connectivity index (χ0) is 32.0. The second kappa shape index (κ2) is 14.1. The molecule has 0 aliphatic carbocycles. The van der Waals surface area contributed by atoms with Crippen molar-refractivity contribution in [3.05, 3.63) is 132 Å². The lowest BCUT2D eigenvalue weighted by molar-refractivity contribution is -0.120. The number of benzene rings is 4. The maximum Gasteiger partial charge on any atom is 0.318 e. The molecular weight excluding hydrogens is 584 g/mol. The maximum atomic E-state index is 14.7. The highest BCUT2D eigenvalue weighted by Gasteiger charge is 2.35. The van der Waals surface area contributed by atoms with E-state index in [9.17, 15) is 9.59 Å². The van der Waals surface area contributed by atoms with Crippen molar-refractivity contribution in [1.82, 2.24) is 20.5 Å². The number of carbonyl (C=O) groups is 2. The van der Waals surface area contributed by atoms with Crippen LogP contribution in [0.1, 0.15) is 16.7 Å². The lowest BCUT2D eigenvalue weighted by atomic mass is 9.91. The van der Waals surface area contributed by atoms with Crippen LogP contribution in [-0.2, 0) is 24.2 Å².